The Balaban J connectivity index is 1.77. The van der Waals surface area contributed by atoms with E-state index in [9.17, 15) is 0 Å². The van der Waals surface area contributed by atoms with Gasteiger partial charge in [0.2, 0.25) is 0 Å². The van der Waals surface area contributed by atoms with E-state index >= 15 is 0 Å². The van der Waals surface area contributed by atoms with Gasteiger partial charge in [-0.1, -0.05) is 59.3 Å². The minimum absolute atomic E-state index is 0.477. The molecule has 1 aromatic rings. The second-order valence-electron chi connectivity index (χ2n) is 6.45. The summed E-state index contributed by atoms with van der Waals surface area (Å²) in [5.41, 5.74) is 8.71. The highest BCUT2D eigenvalue weighted by Gasteiger charge is 2.29. The molecular weight excluding hydrogens is 332 g/mol. The highest BCUT2D eigenvalue weighted by atomic mass is 79.9. The van der Waals surface area contributed by atoms with Crippen molar-refractivity contribution in [2.75, 3.05) is 0 Å². The molecule has 3 aliphatic carbocycles. The number of hydrogen-bond donors (Lipinski definition) is 0. The fourth-order valence-electron chi connectivity index (χ4n) is 3.82. The lowest BCUT2D eigenvalue weighted by Gasteiger charge is -2.25. The molecule has 1 heteroatoms. The first-order valence-corrected chi connectivity index (χ1v) is 8.71. The summed E-state index contributed by atoms with van der Waals surface area (Å²) in [5, 5.41) is 0. The fraction of sp³-hybridized carbons (Fsp3) is 0.238. The summed E-state index contributed by atoms with van der Waals surface area (Å²) in [4.78, 5) is 0. The van der Waals surface area contributed by atoms with Gasteiger partial charge in [-0.05, 0) is 70.9 Å². The molecule has 0 amide bonds. The van der Waals surface area contributed by atoms with E-state index in [-0.39, 0.29) is 0 Å². The van der Waals surface area contributed by atoms with Crippen molar-refractivity contribution in [1.29, 1.82) is 0 Å². The highest BCUT2D eigenvalue weighted by Crippen LogP contribution is 2.47. The monoisotopic (exact) mass is 350 g/mol. The Morgan fingerprint density at radius 2 is 1.86 bits per heavy atom. The quantitative estimate of drug-likeness (QED) is 0.583. The van der Waals surface area contributed by atoms with Crippen molar-refractivity contribution in [3.8, 4) is 0 Å². The lowest BCUT2D eigenvalue weighted by atomic mass is 9.79. The largest absolute Gasteiger partial charge is 0.0773 e. The number of rotatable bonds is 2. The van der Waals surface area contributed by atoms with Gasteiger partial charge in [-0.3, -0.25) is 0 Å². The predicted molar refractivity (Wildman–Crippen MR) is 97.7 cm³/mol. The van der Waals surface area contributed by atoms with E-state index in [1.807, 2.05) is 0 Å². The molecule has 3 aliphatic rings. The maximum atomic E-state index is 3.61. The zero-order valence-electron chi connectivity index (χ0n) is 12.9. The minimum atomic E-state index is 0.477. The molecule has 4 rings (SSSR count). The van der Waals surface area contributed by atoms with Crippen molar-refractivity contribution in [3.05, 3.63) is 86.5 Å². The van der Waals surface area contributed by atoms with Gasteiger partial charge < -0.3 is 0 Å². The minimum Gasteiger partial charge on any atom is -0.0773 e. The third-order valence-electron chi connectivity index (χ3n) is 5.03. The van der Waals surface area contributed by atoms with Crippen molar-refractivity contribution in [3.63, 3.8) is 0 Å². The van der Waals surface area contributed by atoms with Crippen molar-refractivity contribution in [1.82, 2.24) is 0 Å². The Morgan fingerprint density at radius 1 is 1.09 bits per heavy atom. The van der Waals surface area contributed by atoms with Gasteiger partial charge in [0.15, 0.2) is 0 Å². The predicted octanol–water partition coefficient (Wildman–Crippen LogP) is 6.34. The number of benzene rings is 1. The van der Waals surface area contributed by atoms with Gasteiger partial charge >= 0.3 is 0 Å². The van der Waals surface area contributed by atoms with Gasteiger partial charge in [-0.2, -0.15) is 0 Å². The fourth-order valence-corrected chi connectivity index (χ4v) is 4.20. The molecule has 110 valence electrons. The Morgan fingerprint density at radius 3 is 2.64 bits per heavy atom. The van der Waals surface area contributed by atoms with Gasteiger partial charge in [0.05, 0.1) is 0 Å². The van der Waals surface area contributed by atoms with Crippen LogP contribution < -0.4 is 0 Å². The van der Waals surface area contributed by atoms with Crippen LogP contribution in [0.25, 0.3) is 6.08 Å². The molecule has 22 heavy (non-hydrogen) atoms. The van der Waals surface area contributed by atoms with Crippen LogP contribution in [0.5, 0.6) is 0 Å². The van der Waals surface area contributed by atoms with E-state index in [1.165, 1.54) is 33.4 Å². The van der Waals surface area contributed by atoms with E-state index in [2.05, 4.69) is 84.4 Å². The molecule has 0 nitrogen and oxygen atoms in total. The van der Waals surface area contributed by atoms with Gasteiger partial charge in [0, 0.05) is 10.4 Å². The standard InChI is InChI=1S/C21H19Br/c1-13-9-20-14(2)18-8-7-17(22)11-16(18)12-21(20)19(13)10-15-5-3-4-6-15/h3-9,11-12,14-15H,10H2,1-2H3. The van der Waals surface area contributed by atoms with Crippen molar-refractivity contribution in [2.24, 2.45) is 5.92 Å². The van der Waals surface area contributed by atoms with Crippen LogP contribution in [0.2, 0.25) is 0 Å². The van der Waals surface area contributed by atoms with Crippen LogP contribution in [0.15, 0.2) is 75.3 Å². The van der Waals surface area contributed by atoms with Crippen LogP contribution in [0.1, 0.15) is 37.3 Å². The Kier molecular flexibility index (Phi) is 3.34. The SMILES string of the molecule is CC1=C(CC2C=CC=C2)C2=Cc3cc(Br)ccc3C(C)C2=C1. The molecule has 0 spiro atoms. The van der Waals surface area contributed by atoms with Crippen LogP contribution in [0.3, 0.4) is 0 Å². The topological polar surface area (TPSA) is 0 Å². The Hall–Kier alpha value is -1.60. The third kappa shape index (κ3) is 2.19. The maximum absolute atomic E-state index is 3.61. The molecule has 0 aromatic heterocycles. The van der Waals surface area contributed by atoms with E-state index in [1.54, 1.807) is 0 Å². The lowest BCUT2D eigenvalue weighted by Crippen LogP contribution is -2.08. The number of hydrogen-bond acceptors (Lipinski definition) is 0. The first-order chi connectivity index (χ1) is 10.6. The van der Waals surface area contributed by atoms with Gasteiger partial charge in [-0.25, -0.2) is 0 Å². The van der Waals surface area contributed by atoms with E-state index in [4.69, 9.17) is 0 Å². The smallest absolute Gasteiger partial charge is 0.0181 e. The summed E-state index contributed by atoms with van der Waals surface area (Å²) >= 11 is 3.61. The summed E-state index contributed by atoms with van der Waals surface area (Å²) < 4.78 is 1.16. The van der Waals surface area contributed by atoms with Crippen molar-refractivity contribution in [2.45, 2.75) is 26.2 Å². The van der Waals surface area contributed by atoms with Crippen LogP contribution >= 0.6 is 15.9 Å². The van der Waals surface area contributed by atoms with Gasteiger partial charge in [0.1, 0.15) is 0 Å². The first-order valence-electron chi connectivity index (χ1n) is 7.91. The maximum Gasteiger partial charge on any atom is 0.0181 e. The molecule has 1 aromatic carbocycles. The summed E-state index contributed by atoms with van der Waals surface area (Å²) in [5.74, 6) is 1.03. The second kappa shape index (κ2) is 5.24. The molecule has 0 radical (unpaired) electrons. The molecule has 0 bridgehead atoms. The first kappa shape index (κ1) is 14.0. The number of allylic oxidation sites excluding steroid dienone is 9. The normalized spacial score (nSPS) is 22.8. The van der Waals surface area contributed by atoms with Gasteiger partial charge in [0.25, 0.3) is 0 Å². The Bertz CT molecular complexity index is 787. The molecule has 0 aliphatic heterocycles. The molecule has 1 atom stereocenters. The van der Waals surface area contributed by atoms with E-state index in [0.29, 0.717) is 11.8 Å². The zero-order chi connectivity index (χ0) is 15.3. The molecule has 1 unspecified atom stereocenters. The molecular formula is C21H19Br. The van der Waals surface area contributed by atoms with Crippen LogP contribution in [-0.4, -0.2) is 0 Å². The van der Waals surface area contributed by atoms with Crippen LogP contribution in [-0.2, 0) is 0 Å². The van der Waals surface area contributed by atoms with Crippen molar-refractivity contribution < 1.29 is 0 Å². The Labute approximate surface area is 140 Å². The van der Waals surface area contributed by atoms with Crippen LogP contribution in [0.4, 0.5) is 0 Å². The van der Waals surface area contributed by atoms with Crippen molar-refractivity contribution >= 4 is 22.0 Å². The van der Waals surface area contributed by atoms with E-state index < -0.39 is 0 Å². The molecule has 0 saturated heterocycles. The average molecular weight is 351 g/mol. The molecule has 0 heterocycles. The van der Waals surface area contributed by atoms with Gasteiger partial charge in [-0.15, -0.1) is 0 Å². The summed E-state index contributed by atoms with van der Waals surface area (Å²) in [6, 6.07) is 6.66. The third-order valence-corrected chi connectivity index (χ3v) is 5.53. The zero-order valence-corrected chi connectivity index (χ0v) is 14.5. The molecule has 0 N–H and O–H groups in total. The summed E-state index contributed by atoms with van der Waals surface area (Å²) in [6.07, 6.45) is 14.8. The lowest BCUT2D eigenvalue weighted by molar-refractivity contribution is 0.803. The summed E-state index contributed by atoms with van der Waals surface area (Å²) in [6.45, 7) is 4.59. The number of halogens is 1. The molecule has 0 saturated carbocycles. The van der Waals surface area contributed by atoms with E-state index in [0.717, 1.165) is 10.9 Å². The summed E-state index contributed by atoms with van der Waals surface area (Å²) in [7, 11) is 0. The number of fused-ring (bicyclic) bond motifs is 2. The van der Waals surface area contributed by atoms with Crippen LogP contribution in [0, 0.1) is 5.92 Å². The highest BCUT2D eigenvalue weighted by molar-refractivity contribution is 9.10. The second-order valence-corrected chi connectivity index (χ2v) is 7.37. The average Bonchev–Trinajstić information content (AvgIpc) is 3.10. The molecule has 0 fully saturated rings.